The van der Waals surface area contributed by atoms with Crippen molar-refractivity contribution in [1.82, 2.24) is 10.5 Å². The molecule has 0 aliphatic carbocycles. The summed E-state index contributed by atoms with van der Waals surface area (Å²) in [6.45, 7) is 1.98. The van der Waals surface area contributed by atoms with Gasteiger partial charge in [0, 0.05) is 5.75 Å². The Bertz CT molecular complexity index is 611. The highest BCUT2D eigenvalue weighted by Crippen LogP contribution is 2.30. The van der Waals surface area contributed by atoms with Crippen molar-refractivity contribution < 1.29 is 19.5 Å². The molecule has 0 spiro atoms. The van der Waals surface area contributed by atoms with Crippen LogP contribution < -0.4 is 5.48 Å². The molecule has 0 aliphatic rings. The molecule has 1 heterocycles. The average molecular weight is 326 g/mol. The number of carbonyl (C=O) groups excluding carboxylic acids is 1. The number of amides is 1. The van der Waals surface area contributed by atoms with E-state index in [0.717, 1.165) is 14.6 Å². The molecule has 8 heteroatoms. The van der Waals surface area contributed by atoms with Crippen molar-refractivity contribution in [2.45, 2.75) is 11.3 Å². The van der Waals surface area contributed by atoms with Crippen molar-refractivity contribution in [3.8, 4) is 0 Å². The summed E-state index contributed by atoms with van der Waals surface area (Å²) >= 11 is 2.73. The standard InChI is InChI=1S/C13H14N2O4S2/c1-2-19-15-11(16)8(12(17)18)7-20-13-14-9-5-3-4-6-10(9)21-13/h3-6,8H,2,7H2,1H3,(H,15,16)(H,17,18). The van der Waals surface area contributed by atoms with Gasteiger partial charge in [0.15, 0.2) is 4.34 Å². The van der Waals surface area contributed by atoms with Crippen molar-refractivity contribution in [2.24, 2.45) is 5.92 Å². The van der Waals surface area contributed by atoms with Crippen molar-refractivity contribution in [3.05, 3.63) is 24.3 Å². The maximum atomic E-state index is 11.7. The van der Waals surface area contributed by atoms with Gasteiger partial charge in [-0.1, -0.05) is 23.9 Å². The van der Waals surface area contributed by atoms with E-state index in [0.29, 0.717) is 0 Å². The number of aromatic nitrogens is 1. The fourth-order valence-corrected chi connectivity index (χ4v) is 3.71. The van der Waals surface area contributed by atoms with Crippen LogP contribution in [-0.2, 0) is 14.4 Å². The number of hydrogen-bond donors (Lipinski definition) is 2. The van der Waals surface area contributed by atoms with Crippen molar-refractivity contribution in [3.63, 3.8) is 0 Å². The van der Waals surface area contributed by atoms with Gasteiger partial charge in [-0.3, -0.25) is 14.4 Å². The van der Waals surface area contributed by atoms with Gasteiger partial charge in [-0.25, -0.2) is 10.5 Å². The van der Waals surface area contributed by atoms with Crippen molar-refractivity contribution in [2.75, 3.05) is 12.4 Å². The SMILES string of the molecule is CCONC(=O)C(CSc1nc2ccccc2s1)C(=O)O. The van der Waals surface area contributed by atoms with Crippen LogP contribution in [0.25, 0.3) is 10.2 Å². The third-order valence-corrected chi connectivity index (χ3v) is 4.85. The maximum Gasteiger partial charge on any atom is 0.317 e. The van der Waals surface area contributed by atoms with E-state index in [4.69, 9.17) is 9.94 Å². The summed E-state index contributed by atoms with van der Waals surface area (Å²) < 4.78 is 1.78. The van der Waals surface area contributed by atoms with Gasteiger partial charge in [0.1, 0.15) is 5.92 Å². The molecule has 112 valence electrons. The number of carboxylic acid groups (broad SMARTS) is 1. The Labute approximate surface area is 129 Å². The van der Waals surface area contributed by atoms with E-state index < -0.39 is 17.8 Å². The molecule has 2 rings (SSSR count). The van der Waals surface area contributed by atoms with Gasteiger partial charge in [-0.2, -0.15) is 0 Å². The molecule has 1 aromatic heterocycles. The maximum absolute atomic E-state index is 11.7. The number of para-hydroxylation sites is 1. The summed E-state index contributed by atoms with van der Waals surface area (Å²) in [5.41, 5.74) is 3.00. The van der Waals surface area contributed by atoms with Crippen LogP contribution in [-0.4, -0.2) is 34.3 Å². The van der Waals surface area contributed by atoms with Gasteiger partial charge in [0.05, 0.1) is 16.8 Å². The molecule has 0 saturated carbocycles. The number of nitrogens with zero attached hydrogens (tertiary/aromatic N) is 1. The largest absolute Gasteiger partial charge is 0.481 e. The van der Waals surface area contributed by atoms with Crippen LogP contribution in [0.2, 0.25) is 0 Å². The molecule has 1 amide bonds. The lowest BCUT2D eigenvalue weighted by atomic mass is 10.2. The van der Waals surface area contributed by atoms with E-state index in [1.165, 1.54) is 23.1 Å². The number of hydrogen-bond acceptors (Lipinski definition) is 6. The van der Waals surface area contributed by atoms with Gasteiger partial charge >= 0.3 is 5.97 Å². The summed E-state index contributed by atoms with van der Waals surface area (Å²) in [6.07, 6.45) is 0. The Kier molecular flexibility index (Phi) is 5.54. The lowest BCUT2D eigenvalue weighted by Gasteiger charge is -2.10. The first-order chi connectivity index (χ1) is 10.1. The minimum absolute atomic E-state index is 0.105. The molecule has 0 aliphatic heterocycles. The summed E-state index contributed by atoms with van der Waals surface area (Å²) in [4.78, 5) is 32.0. The summed E-state index contributed by atoms with van der Waals surface area (Å²) in [7, 11) is 0. The Morgan fingerprint density at radius 3 is 2.90 bits per heavy atom. The lowest BCUT2D eigenvalue weighted by molar-refractivity contribution is -0.150. The lowest BCUT2D eigenvalue weighted by Crippen LogP contribution is -2.36. The zero-order valence-electron chi connectivity index (χ0n) is 11.2. The minimum Gasteiger partial charge on any atom is -0.481 e. The second-order valence-corrected chi connectivity index (χ2v) is 6.35. The third-order valence-electron chi connectivity index (χ3n) is 2.58. The fourth-order valence-electron chi connectivity index (χ4n) is 1.54. The smallest absolute Gasteiger partial charge is 0.317 e. The number of thiazole rings is 1. The van der Waals surface area contributed by atoms with Crippen LogP contribution in [0.15, 0.2) is 28.6 Å². The Hall–Kier alpha value is -1.64. The molecule has 1 unspecified atom stereocenters. The van der Waals surface area contributed by atoms with Crippen LogP contribution in [0.4, 0.5) is 0 Å². The monoisotopic (exact) mass is 326 g/mol. The zero-order chi connectivity index (χ0) is 15.2. The molecular weight excluding hydrogens is 312 g/mol. The van der Waals surface area contributed by atoms with E-state index in [1.807, 2.05) is 24.3 Å². The van der Waals surface area contributed by atoms with Gasteiger partial charge in [0.25, 0.3) is 5.91 Å². The highest BCUT2D eigenvalue weighted by molar-refractivity contribution is 8.01. The van der Waals surface area contributed by atoms with Gasteiger partial charge < -0.3 is 5.11 Å². The number of aliphatic carboxylic acids is 1. The Morgan fingerprint density at radius 2 is 2.24 bits per heavy atom. The molecule has 6 nitrogen and oxygen atoms in total. The predicted octanol–water partition coefficient (Wildman–Crippen LogP) is 2.16. The number of rotatable bonds is 7. The van der Waals surface area contributed by atoms with Crippen LogP contribution in [0.1, 0.15) is 6.92 Å². The van der Waals surface area contributed by atoms with E-state index in [2.05, 4.69) is 10.5 Å². The number of fused-ring (bicyclic) bond motifs is 1. The molecule has 1 atom stereocenters. The van der Waals surface area contributed by atoms with Gasteiger partial charge in [-0.15, -0.1) is 11.3 Å². The summed E-state index contributed by atoms with van der Waals surface area (Å²) in [5.74, 6) is -2.90. The number of benzene rings is 1. The van der Waals surface area contributed by atoms with E-state index in [9.17, 15) is 9.59 Å². The molecule has 2 aromatic rings. The predicted molar refractivity (Wildman–Crippen MR) is 81.2 cm³/mol. The normalized spacial score (nSPS) is 12.2. The van der Waals surface area contributed by atoms with Gasteiger partial charge in [-0.05, 0) is 19.1 Å². The Balaban J connectivity index is 2.01. The summed E-state index contributed by atoms with van der Waals surface area (Å²) in [5, 5.41) is 9.11. The van der Waals surface area contributed by atoms with Crippen molar-refractivity contribution in [1.29, 1.82) is 0 Å². The molecule has 1 aromatic carbocycles. The second kappa shape index (κ2) is 7.39. The first-order valence-electron chi connectivity index (χ1n) is 6.24. The van der Waals surface area contributed by atoms with Crippen LogP contribution in [0.5, 0.6) is 0 Å². The number of nitrogens with one attached hydrogen (secondary N) is 1. The van der Waals surface area contributed by atoms with Crippen LogP contribution in [0, 0.1) is 5.92 Å². The highest BCUT2D eigenvalue weighted by Gasteiger charge is 2.27. The third kappa shape index (κ3) is 4.16. The topological polar surface area (TPSA) is 88.5 Å². The number of hydroxylamine groups is 1. The number of carbonyl (C=O) groups is 2. The molecule has 0 radical (unpaired) electrons. The van der Waals surface area contributed by atoms with E-state index >= 15 is 0 Å². The van der Waals surface area contributed by atoms with Gasteiger partial charge in [0.2, 0.25) is 0 Å². The second-order valence-electron chi connectivity index (χ2n) is 4.05. The highest BCUT2D eigenvalue weighted by atomic mass is 32.2. The summed E-state index contributed by atoms with van der Waals surface area (Å²) in [6, 6.07) is 7.66. The molecule has 0 saturated heterocycles. The number of carboxylic acids is 1. The molecule has 2 N–H and O–H groups in total. The fraction of sp³-hybridized carbons (Fsp3) is 0.308. The first kappa shape index (κ1) is 15.7. The molecule has 21 heavy (non-hydrogen) atoms. The quantitative estimate of drug-likeness (QED) is 0.460. The zero-order valence-corrected chi connectivity index (χ0v) is 12.9. The van der Waals surface area contributed by atoms with E-state index in [-0.39, 0.29) is 12.4 Å². The first-order valence-corrected chi connectivity index (χ1v) is 8.05. The minimum atomic E-state index is -1.18. The number of thioether (sulfide) groups is 1. The van der Waals surface area contributed by atoms with Crippen LogP contribution in [0.3, 0.4) is 0 Å². The van der Waals surface area contributed by atoms with Crippen LogP contribution >= 0.6 is 23.1 Å². The average Bonchev–Trinajstić information content (AvgIpc) is 2.87. The Morgan fingerprint density at radius 1 is 1.48 bits per heavy atom. The van der Waals surface area contributed by atoms with Crippen molar-refractivity contribution >= 4 is 45.2 Å². The molecule has 0 bridgehead atoms. The molecular formula is C13H14N2O4S2. The van der Waals surface area contributed by atoms with E-state index in [1.54, 1.807) is 6.92 Å². The molecule has 0 fully saturated rings.